The smallest absolute Gasteiger partial charge is 0.0878 e. The number of anilines is 1. The van der Waals surface area contributed by atoms with Crippen LogP contribution >= 0.6 is 0 Å². The van der Waals surface area contributed by atoms with E-state index < -0.39 is 0 Å². The lowest BCUT2D eigenvalue weighted by atomic mass is 10.2. The molecule has 0 spiro atoms. The van der Waals surface area contributed by atoms with Gasteiger partial charge in [0, 0.05) is 5.69 Å². The molecule has 0 bridgehead atoms. The Morgan fingerprint density at radius 2 is 1.80 bits per heavy atom. The van der Waals surface area contributed by atoms with E-state index in [-0.39, 0.29) is 0 Å². The highest BCUT2D eigenvalue weighted by Crippen LogP contribution is 2.20. The lowest BCUT2D eigenvalue weighted by molar-refractivity contribution is 0.835. The van der Waals surface area contributed by atoms with Gasteiger partial charge >= 0.3 is 0 Å². The topological polar surface area (TPSA) is 43.8 Å². The summed E-state index contributed by atoms with van der Waals surface area (Å²) in [4.78, 5) is 0. The van der Waals surface area contributed by atoms with E-state index in [1.165, 1.54) is 5.56 Å². The highest BCUT2D eigenvalue weighted by molar-refractivity contribution is 5.57. The van der Waals surface area contributed by atoms with Crippen molar-refractivity contribution in [1.29, 1.82) is 0 Å². The molecular formula is C12H15N3. The van der Waals surface area contributed by atoms with Crippen molar-refractivity contribution < 1.29 is 0 Å². The Morgan fingerprint density at radius 1 is 1.13 bits per heavy atom. The minimum atomic E-state index is 0.753. The molecule has 2 rings (SSSR count). The van der Waals surface area contributed by atoms with Gasteiger partial charge in [0.05, 0.1) is 17.1 Å². The van der Waals surface area contributed by atoms with Gasteiger partial charge in [0.25, 0.3) is 0 Å². The van der Waals surface area contributed by atoms with Crippen LogP contribution in [-0.4, -0.2) is 9.78 Å². The van der Waals surface area contributed by atoms with Crippen molar-refractivity contribution in [2.75, 3.05) is 5.73 Å². The molecule has 0 saturated heterocycles. The van der Waals surface area contributed by atoms with Crippen LogP contribution in [0.15, 0.2) is 24.3 Å². The number of nitrogens with zero attached hydrogens (tertiary/aromatic N) is 2. The number of benzene rings is 1. The first-order valence-corrected chi connectivity index (χ1v) is 4.99. The largest absolute Gasteiger partial charge is 0.397 e. The Morgan fingerprint density at radius 3 is 2.33 bits per heavy atom. The van der Waals surface area contributed by atoms with Gasteiger partial charge in [-0.1, -0.05) is 12.1 Å². The maximum Gasteiger partial charge on any atom is 0.0878 e. The number of hydrogen-bond acceptors (Lipinski definition) is 2. The van der Waals surface area contributed by atoms with Crippen molar-refractivity contribution in [2.45, 2.75) is 20.8 Å². The second-order valence-corrected chi connectivity index (χ2v) is 3.77. The van der Waals surface area contributed by atoms with Crippen molar-refractivity contribution in [3.05, 3.63) is 41.2 Å². The van der Waals surface area contributed by atoms with Crippen molar-refractivity contribution >= 4 is 5.69 Å². The van der Waals surface area contributed by atoms with Crippen LogP contribution < -0.4 is 5.73 Å². The highest BCUT2D eigenvalue weighted by Gasteiger charge is 2.10. The first kappa shape index (κ1) is 9.77. The average molecular weight is 201 g/mol. The first-order chi connectivity index (χ1) is 7.11. The fraction of sp³-hybridized carbons (Fsp3) is 0.250. The summed E-state index contributed by atoms with van der Waals surface area (Å²) in [5.74, 6) is 0. The summed E-state index contributed by atoms with van der Waals surface area (Å²) < 4.78 is 1.90. The molecule has 0 unspecified atom stereocenters. The Bertz CT molecular complexity index is 498. The molecule has 0 aliphatic heterocycles. The van der Waals surface area contributed by atoms with Crippen LogP contribution in [0.3, 0.4) is 0 Å². The minimum Gasteiger partial charge on any atom is -0.397 e. The first-order valence-electron chi connectivity index (χ1n) is 4.99. The zero-order valence-electron chi connectivity index (χ0n) is 9.28. The predicted molar refractivity (Wildman–Crippen MR) is 62.2 cm³/mol. The SMILES string of the molecule is Cc1nn(-c2ccccc2N)c(C)c1C. The second kappa shape index (κ2) is 3.42. The molecule has 15 heavy (non-hydrogen) atoms. The van der Waals surface area contributed by atoms with E-state index in [2.05, 4.69) is 18.9 Å². The van der Waals surface area contributed by atoms with E-state index in [9.17, 15) is 0 Å². The van der Waals surface area contributed by atoms with Crippen LogP contribution in [0.4, 0.5) is 5.69 Å². The molecule has 0 radical (unpaired) electrons. The van der Waals surface area contributed by atoms with Gasteiger partial charge in [0.2, 0.25) is 0 Å². The van der Waals surface area contributed by atoms with E-state index in [4.69, 9.17) is 5.73 Å². The summed E-state index contributed by atoms with van der Waals surface area (Å²) >= 11 is 0. The number of hydrogen-bond donors (Lipinski definition) is 1. The quantitative estimate of drug-likeness (QED) is 0.720. The van der Waals surface area contributed by atoms with Crippen molar-refractivity contribution in [1.82, 2.24) is 9.78 Å². The normalized spacial score (nSPS) is 10.6. The van der Waals surface area contributed by atoms with Gasteiger partial charge in [-0.25, -0.2) is 4.68 Å². The molecule has 2 aromatic rings. The van der Waals surface area contributed by atoms with E-state index in [0.717, 1.165) is 22.8 Å². The van der Waals surface area contributed by atoms with Crippen LogP contribution in [0.5, 0.6) is 0 Å². The standard InChI is InChI=1S/C12H15N3/c1-8-9(2)14-15(10(8)3)12-7-5-4-6-11(12)13/h4-7H,13H2,1-3H3. The predicted octanol–water partition coefficient (Wildman–Crippen LogP) is 2.38. The molecule has 78 valence electrons. The third-order valence-corrected chi connectivity index (χ3v) is 2.82. The van der Waals surface area contributed by atoms with Gasteiger partial charge in [0.1, 0.15) is 0 Å². The van der Waals surface area contributed by atoms with Crippen LogP contribution in [-0.2, 0) is 0 Å². The van der Waals surface area contributed by atoms with Crippen molar-refractivity contribution in [3.8, 4) is 5.69 Å². The maximum atomic E-state index is 5.92. The molecular weight excluding hydrogens is 186 g/mol. The molecule has 3 heteroatoms. The van der Waals surface area contributed by atoms with E-state index in [0.29, 0.717) is 0 Å². The molecule has 3 nitrogen and oxygen atoms in total. The molecule has 1 heterocycles. The van der Waals surface area contributed by atoms with Crippen molar-refractivity contribution in [3.63, 3.8) is 0 Å². The molecule has 1 aromatic heterocycles. The second-order valence-electron chi connectivity index (χ2n) is 3.77. The molecule has 2 N–H and O–H groups in total. The van der Waals surface area contributed by atoms with E-state index >= 15 is 0 Å². The Hall–Kier alpha value is -1.77. The number of nitrogen functional groups attached to an aromatic ring is 1. The fourth-order valence-corrected chi connectivity index (χ4v) is 1.64. The van der Waals surface area contributed by atoms with Crippen LogP contribution in [0, 0.1) is 20.8 Å². The Labute approximate surface area is 89.5 Å². The Balaban J connectivity index is 2.65. The zero-order valence-corrected chi connectivity index (χ0v) is 9.28. The molecule has 0 saturated carbocycles. The number of nitrogens with two attached hydrogens (primary N) is 1. The summed E-state index contributed by atoms with van der Waals surface area (Å²) in [5.41, 5.74) is 11.0. The molecule has 1 aromatic carbocycles. The van der Waals surface area contributed by atoms with Crippen LogP contribution in [0.2, 0.25) is 0 Å². The van der Waals surface area contributed by atoms with E-state index in [1.54, 1.807) is 0 Å². The third kappa shape index (κ3) is 1.50. The van der Waals surface area contributed by atoms with Gasteiger partial charge in [-0.2, -0.15) is 5.10 Å². The van der Waals surface area contributed by atoms with E-state index in [1.807, 2.05) is 35.9 Å². The molecule has 0 atom stereocenters. The van der Waals surface area contributed by atoms with Gasteiger partial charge < -0.3 is 5.73 Å². The summed E-state index contributed by atoms with van der Waals surface area (Å²) in [6, 6.07) is 7.77. The summed E-state index contributed by atoms with van der Waals surface area (Å²) in [6.07, 6.45) is 0. The van der Waals surface area contributed by atoms with Gasteiger partial charge in [-0.3, -0.25) is 0 Å². The van der Waals surface area contributed by atoms with Crippen LogP contribution in [0.25, 0.3) is 5.69 Å². The molecule has 0 amide bonds. The van der Waals surface area contributed by atoms with Crippen LogP contribution in [0.1, 0.15) is 17.0 Å². The Kier molecular flexibility index (Phi) is 2.23. The number of para-hydroxylation sites is 2. The number of rotatable bonds is 1. The molecule has 0 aliphatic rings. The van der Waals surface area contributed by atoms with Gasteiger partial charge in [0.15, 0.2) is 0 Å². The number of aryl methyl sites for hydroxylation is 1. The lowest BCUT2D eigenvalue weighted by Crippen LogP contribution is -2.03. The lowest BCUT2D eigenvalue weighted by Gasteiger charge is -2.07. The van der Waals surface area contributed by atoms with Gasteiger partial charge in [-0.05, 0) is 38.5 Å². The fourth-order valence-electron chi connectivity index (χ4n) is 1.64. The molecule has 0 fully saturated rings. The summed E-state index contributed by atoms with van der Waals surface area (Å²) in [5, 5.41) is 4.48. The highest BCUT2D eigenvalue weighted by atomic mass is 15.3. The monoisotopic (exact) mass is 201 g/mol. The summed E-state index contributed by atoms with van der Waals surface area (Å²) in [6.45, 7) is 6.15. The maximum absolute atomic E-state index is 5.92. The number of aromatic nitrogens is 2. The zero-order chi connectivity index (χ0) is 11.0. The summed E-state index contributed by atoms with van der Waals surface area (Å²) in [7, 11) is 0. The average Bonchev–Trinajstić information content (AvgIpc) is 2.47. The van der Waals surface area contributed by atoms with Crippen molar-refractivity contribution in [2.24, 2.45) is 0 Å². The third-order valence-electron chi connectivity index (χ3n) is 2.82. The minimum absolute atomic E-state index is 0.753. The van der Waals surface area contributed by atoms with Gasteiger partial charge in [-0.15, -0.1) is 0 Å². The molecule has 0 aliphatic carbocycles.